The van der Waals surface area contributed by atoms with Gasteiger partial charge in [-0.2, -0.15) is 0 Å². The Balaban J connectivity index is 2.85. The van der Waals surface area contributed by atoms with E-state index in [0.29, 0.717) is 0 Å². The molecule has 0 saturated heterocycles. The normalized spacial score (nSPS) is 12.5. The van der Waals surface area contributed by atoms with Crippen LogP contribution in [0.1, 0.15) is 40.4 Å². The third-order valence-electron chi connectivity index (χ3n) is 3.00. The van der Waals surface area contributed by atoms with Gasteiger partial charge in [0.15, 0.2) is 0 Å². The Bertz CT molecular complexity index is 387. The van der Waals surface area contributed by atoms with Gasteiger partial charge in [-0.05, 0) is 31.9 Å². The minimum absolute atomic E-state index is 0.00185. The lowest BCUT2D eigenvalue weighted by molar-refractivity contribution is 0.0687. The van der Waals surface area contributed by atoms with E-state index in [1.807, 2.05) is 13.0 Å². The molecular formula is C13H21NO2S. The lowest BCUT2D eigenvalue weighted by Gasteiger charge is -2.22. The summed E-state index contributed by atoms with van der Waals surface area (Å²) in [5.41, 5.74) is 1.27. The summed E-state index contributed by atoms with van der Waals surface area (Å²) >= 11 is 1.55. The van der Waals surface area contributed by atoms with Crippen LogP contribution in [0.25, 0.3) is 0 Å². The summed E-state index contributed by atoms with van der Waals surface area (Å²) < 4.78 is 0. The highest BCUT2D eigenvalue weighted by Crippen LogP contribution is 2.24. The van der Waals surface area contributed by atoms with Gasteiger partial charge in [-0.25, -0.2) is 0 Å². The van der Waals surface area contributed by atoms with Crippen molar-refractivity contribution in [2.75, 3.05) is 13.7 Å². The number of aliphatic hydroxyl groups excluding tert-OH is 1. The van der Waals surface area contributed by atoms with Gasteiger partial charge in [0, 0.05) is 11.9 Å². The molecule has 0 saturated carbocycles. The summed E-state index contributed by atoms with van der Waals surface area (Å²) in [7, 11) is 1.73. The highest BCUT2D eigenvalue weighted by atomic mass is 32.1. The van der Waals surface area contributed by atoms with E-state index in [0.717, 1.165) is 17.7 Å². The van der Waals surface area contributed by atoms with E-state index in [1.165, 1.54) is 10.4 Å². The standard InChI is InChI=1S/C13H21NO2S/c1-5-6-11-7-12(17-10(11)3)13(16)14(4)9(2)8-15/h7,9,15H,5-6,8H2,1-4H3. The zero-order valence-electron chi connectivity index (χ0n) is 11.0. The lowest BCUT2D eigenvalue weighted by atomic mass is 10.1. The third kappa shape index (κ3) is 3.30. The maximum Gasteiger partial charge on any atom is 0.263 e. The fourth-order valence-corrected chi connectivity index (χ4v) is 2.69. The molecular weight excluding hydrogens is 234 g/mol. The Morgan fingerprint density at radius 3 is 2.76 bits per heavy atom. The number of aliphatic hydroxyl groups is 1. The Hall–Kier alpha value is -0.870. The topological polar surface area (TPSA) is 40.5 Å². The second-order valence-electron chi connectivity index (χ2n) is 4.39. The van der Waals surface area contributed by atoms with Crippen LogP contribution in [0.15, 0.2) is 6.07 Å². The Morgan fingerprint density at radius 2 is 2.24 bits per heavy atom. The minimum Gasteiger partial charge on any atom is -0.394 e. The molecule has 1 aromatic heterocycles. The van der Waals surface area contributed by atoms with Gasteiger partial charge in [-0.15, -0.1) is 11.3 Å². The Labute approximate surface area is 107 Å². The molecule has 1 N–H and O–H groups in total. The number of hydrogen-bond acceptors (Lipinski definition) is 3. The number of thiophene rings is 1. The van der Waals surface area contributed by atoms with Crippen molar-refractivity contribution in [3.63, 3.8) is 0 Å². The van der Waals surface area contributed by atoms with Gasteiger partial charge in [0.25, 0.3) is 5.91 Å². The van der Waals surface area contributed by atoms with Crippen LogP contribution < -0.4 is 0 Å². The molecule has 1 heterocycles. The molecule has 0 aromatic carbocycles. The molecule has 0 aliphatic heterocycles. The van der Waals surface area contributed by atoms with Gasteiger partial charge in [-0.3, -0.25) is 4.79 Å². The van der Waals surface area contributed by atoms with Crippen molar-refractivity contribution in [1.82, 2.24) is 4.90 Å². The van der Waals surface area contributed by atoms with Crippen LogP contribution in [-0.4, -0.2) is 35.6 Å². The molecule has 0 spiro atoms. The van der Waals surface area contributed by atoms with E-state index < -0.39 is 0 Å². The van der Waals surface area contributed by atoms with Gasteiger partial charge in [0.1, 0.15) is 0 Å². The van der Waals surface area contributed by atoms with Crippen molar-refractivity contribution >= 4 is 17.2 Å². The summed E-state index contributed by atoms with van der Waals surface area (Å²) in [6.45, 7) is 6.03. The maximum absolute atomic E-state index is 12.1. The molecule has 1 atom stereocenters. The largest absolute Gasteiger partial charge is 0.394 e. The first-order valence-corrected chi connectivity index (χ1v) is 6.80. The molecule has 1 rings (SSSR count). The van der Waals surface area contributed by atoms with Crippen LogP contribution in [0.2, 0.25) is 0 Å². The fourth-order valence-electron chi connectivity index (χ4n) is 1.64. The number of nitrogens with zero attached hydrogens (tertiary/aromatic N) is 1. The Morgan fingerprint density at radius 1 is 1.59 bits per heavy atom. The fraction of sp³-hybridized carbons (Fsp3) is 0.615. The molecule has 1 amide bonds. The number of carbonyl (C=O) groups excluding carboxylic acids is 1. The molecule has 0 fully saturated rings. The number of rotatable bonds is 5. The number of carbonyl (C=O) groups is 1. The zero-order valence-corrected chi connectivity index (χ0v) is 11.8. The maximum atomic E-state index is 12.1. The van der Waals surface area contributed by atoms with Crippen LogP contribution >= 0.6 is 11.3 Å². The van der Waals surface area contributed by atoms with Crippen LogP contribution in [-0.2, 0) is 6.42 Å². The summed E-state index contributed by atoms with van der Waals surface area (Å²) in [5.74, 6) is 0.00185. The van der Waals surface area contributed by atoms with Crippen molar-refractivity contribution in [2.24, 2.45) is 0 Å². The molecule has 17 heavy (non-hydrogen) atoms. The van der Waals surface area contributed by atoms with Gasteiger partial charge >= 0.3 is 0 Å². The van der Waals surface area contributed by atoms with Crippen LogP contribution in [0.4, 0.5) is 0 Å². The van der Waals surface area contributed by atoms with E-state index in [2.05, 4.69) is 13.8 Å². The molecule has 1 unspecified atom stereocenters. The van der Waals surface area contributed by atoms with Crippen LogP contribution in [0, 0.1) is 6.92 Å². The van der Waals surface area contributed by atoms with E-state index in [9.17, 15) is 4.79 Å². The van der Waals surface area contributed by atoms with Gasteiger partial charge < -0.3 is 10.0 Å². The first kappa shape index (κ1) is 14.2. The van der Waals surface area contributed by atoms with E-state index in [1.54, 1.807) is 23.3 Å². The molecule has 96 valence electrons. The Kier molecular flexibility index (Phi) is 5.15. The van der Waals surface area contributed by atoms with E-state index >= 15 is 0 Å². The minimum atomic E-state index is -0.139. The molecule has 3 nitrogen and oxygen atoms in total. The predicted molar refractivity (Wildman–Crippen MR) is 71.7 cm³/mol. The monoisotopic (exact) mass is 255 g/mol. The van der Waals surface area contributed by atoms with Crippen LogP contribution in [0.5, 0.6) is 0 Å². The smallest absolute Gasteiger partial charge is 0.263 e. The first-order valence-electron chi connectivity index (χ1n) is 5.98. The quantitative estimate of drug-likeness (QED) is 0.878. The second kappa shape index (κ2) is 6.17. The average Bonchev–Trinajstić information content (AvgIpc) is 2.68. The third-order valence-corrected chi connectivity index (χ3v) is 4.08. The predicted octanol–water partition coefficient (Wildman–Crippen LogP) is 2.46. The number of hydrogen-bond donors (Lipinski definition) is 1. The number of amides is 1. The van der Waals surface area contributed by atoms with Crippen molar-refractivity contribution in [3.8, 4) is 0 Å². The zero-order chi connectivity index (χ0) is 13.0. The van der Waals surface area contributed by atoms with Gasteiger partial charge in [0.2, 0.25) is 0 Å². The van der Waals surface area contributed by atoms with Crippen LogP contribution in [0.3, 0.4) is 0 Å². The summed E-state index contributed by atoms with van der Waals surface area (Å²) in [5, 5.41) is 9.05. The number of likely N-dealkylation sites (N-methyl/N-ethyl adjacent to an activating group) is 1. The van der Waals surface area contributed by atoms with E-state index in [4.69, 9.17) is 5.11 Å². The van der Waals surface area contributed by atoms with E-state index in [-0.39, 0.29) is 18.6 Å². The van der Waals surface area contributed by atoms with Crippen molar-refractivity contribution < 1.29 is 9.90 Å². The average molecular weight is 255 g/mol. The molecule has 0 aliphatic carbocycles. The lowest BCUT2D eigenvalue weighted by Crippen LogP contribution is -2.36. The van der Waals surface area contributed by atoms with Gasteiger partial charge in [0.05, 0.1) is 17.5 Å². The SMILES string of the molecule is CCCc1cc(C(=O)N(C)C(C)CO)sc1C. The highest BCUT2D eigenvalue weighted by molar-refractivity contribution is 7.14. The highest BCUT2D eigenvalue weighted by Gasteiger charge is 2.19. The molecule has 0 aliphatic rings. The molecule has 0 radical (unpaired) electrons. The van der Waals surface area contributed by atoms with Crippen molar-refractivity contribution in [2.45, 2.75) is 39.7 Å². The second-order valence-corrected chi connectivity index (χ2v) is 5.65. The molecule has 4 heteroatoms. The summed E-state index contributed by atoms with van der Waals surface area (Å²) in [6, 6.07) is 1.85. The van der Waals surface area contributed by atoms with Gasteiger partial charge in [-0.1, -0.05) is 13.3 Å². The van der Waals surface area contributed by atoms with Crippen molar-refractivity contribution in [3.05, 3.63) is 21.4 Å². The molecule has 1 aromatic rings. The number of aryl methyl sites for hydroxylation is 2. The summed E-state index contributed by atoms with van der Waals surface area (Å²) in [6.07, 6.45) is 2.11. The molecule has 0 bridgehead atoms. The first-order chi connectivity index (χ1) is 8.01. The van der Waals surface area contributed by atoms with Crippen molar-refractivity contribution in [1.29, 1.82) is 0 Å². The summed E-state index contributed by atoms with van der Waals surface area (Å²) in [4.78, 5) is 15.7.